The minimum Gasteiger partial charge on any atom is -0.392 e. The molecule has 2 N–H and O–H groups in total. The average Bonchev–Trinajstić information content (AvgIpc) is 2.96. The van der Waals surface area contributed by atoms with E-state index in [1.807, 2.05) is 0 Å². The Morgan fingerprint density at radius 2 is 1.76 bits per heavy atom. The minimum absolute atomic E-state index is 0.175. The highest BCUT2D eigenvalue weighted by Crippen LogP contribution is 2.25. The van der Waals surface area contributed by atoms with Gasteiger partial charge in [0, 0.05) is 31.4 Å². The summed E-state index contributed by atoms with van der Waals surface area (Å²) in [5.74, 6) is 0. The Bertz CT molecular complexity index is 443. The van der Waals surface area contributed by atoms with Gasteiger partial charge in [-0.3, -0.25) is 0 Å². The summed E-state index contributed by atoms with van der Waals surface area (Å²) >= 11 is 0. The van der Waals surface area contributed by atoms with Gasteiger partial charge in [-0.1, -0.05) is 37.5 Å². The molecule has 3 rings (SSSR count). The van der Waals surface area contributed by atoms with Crippen molar-refractivity contribution in [3.8, 4) is 0 Å². The Balaban J connectivity index is 1.64. The van der Waals surface area contributed by atoms with Crippen molar-refractivity contribution in [3.05, 3.63) is 29.8 Å². The molecule has 0 spiro atoms. The van der Waals surface area contributed by atoms with Crippen molar-refractivity contribution in [1.29, 1.82) is 0 Å². The highest BCUT2D eigenvalue weighted by molar-refractivity contribution is 5.54. The zero-order valence-corrected chi connectivity index (χ0v) is 12.9. The van der Waals surface area contributed by atoms with Gasteiger partial charge >= 0.3 is 0 Å². The molecule has 116 valence electrons. The molecule has 0 amide bonds. The van der Waals surface area contributed by atoms with Gasteiger partial charge in [-0.25, -0.2) is 0 Å². The largest absolute Gasteiger partial charge is 0.392 e. The van der Waals surface area contributed by atoms with Gasteiger partial charge in [-0.15, -0.1) is 0 Å². The van der Waals surface area contributed by atoms with Crippen LogP contribution in [-0.4, -0.2) is 30.3 Å². The first-order valence-corrected chi connectivity index (χ1v) is 8.59. The third-order valence-electron chi connectivity index (χ3n) is 4.97. The minimum atomic E-state index is -0.175. The zero-order valence-electron chi connectivity index (χ0n) is 12.9. The molecule has 1 aromatic carbocycles. The number of nitrogens with zero attached hydrogens (tertiary/aromatic N) is 1. The van der Waals surface area contributed by atoms with Crippen LogP contribution in [0.25, 0.3) is 0 Å². The summed E-state index contributed by atoms with van der Waals surface area (Å²) in [6.07, 6.45) is 8.17. The first kappa shape index (κ1) is 14.9. The number of aliphatic hydroxyl groups is 1. The summed E-state index contributed by atoms with van der Waals surface area (Å²) in [5.41, 5.74) is 2.75. The molecule has 0 bridgehead atoms. The standard InChI is InChI=1S/C18H28N2O/c21-18-11-3-1-2-9-16(18)19-14-15-8-4-5-10-17(15)20-12-6-7-13-20/h4-5,8,10,16,18-19,21H,1-3,6-7,9,11-14H2. The number of nitrogens with one attached hydrogen (secondary N) is 1. The van der Waals surface area contributed by atoms with E-state index in [1.165, 1.54) is 56.4 Å². The average molecular weight is 288 g/mol. The Labute approximate surface area is 128 Å². The summed E-state index contributed by atoms with van der Waals surface area (Å²) in [4.78, 5) is 2.50. The lowest BCUT2D eigenvalue weighted by atomic mass is 10.1. The predicted molar refractivity (Wildman–Crippen MR) is 87.6 cm³/mol. The van der Waals surface area contributed by atoms with Crippen LogP contribution >= 0.6 is 0 Å². The molecule has 3 heteroatoms. The molecule has 1 heterocycles. The second kappa shape index (κ2) is 7.28. The summed E-state index contributed by atoms with van der Waals surface area (Å²) < 4.78 is 0. The molecule has 3 nitrogen and oxygen atoms in total. The van der Waals surface area contributed by atoms with Crippen LogP contribution in [0.5, 0.6) is 0 Å². The van der Waals surface area contributed by atoms with Crippen molar-refractivity contribution in [2.75, 3.05) is 18.0 Å². The monoisotopic (exact) mass is 288 g/mol. The van der Waals surface area contributed by atoms with Gasteiger partial charge in [-0.05, 0) is 37.3 Å². The summed E-state index contributed by atoms with van der Waals surface area (Å²) in [5, 5.41) is 13.8. The molecule has 1 aromatic rings. The molecule has 1 saturated heterocycles. The second-order valence-electron chi connectivity index (χ2n) is 6.52. The zero-order chi connectivity index (χ0) is 14.5. The van der Waals surface area contributed by atoms with Gasteiger partial charge in [-0.2, -0.15) is 0 Å². The van der Waals surface area contributed by atoms with E-state index >= 15 is 0 Å². The van der Waals surface area contributed by atoms with E-state index in [9.17, 15) is 5.11 Å². The smallest absolute Gasteiger partial charge is 0.0693 e. The SMILES string of the molecule is OC1CCCCCC1NCc1ccccc1N1CCCC1. The number of benzene rings is 1. The maximum absolute atomic E-state index is 10.2. The Morgan fingerprint density at radius 3 is 2.62 bits per heavy atom. The Hall–Kier alpha value is -1.06. The lowest BCUT2D eigenvalue weighted by Gasteiger charge is -2.25. The van der Waals surface area contributed by atoms with Crippen LogP contribution in [0.1, 0.15) is 50.5 Å². The van der Waals surface area contributed by atoms with E-state index in [0.717, 1.165) is 19.4 Å². The van der Waals surface area contributed by atoms with E-state index in [0.29, 0.717) is 0 Å². The van der Waals surface area contributed by atoms with Crippen LogP contribution in [0.4, 0.5) is 5.69 Å². The number of hydrogen-bond donors (Lipinski definition) is 2. The van der Waals surface area contributed by atoms with Crippen molar-refractivity contribution >= 4 is 5.69 Å². The highest BCUT2D eigenvalue weighted by Gasteiger charge is 2.22. The lowest BCUT2D eigenvalue weighted by Crippen LogP contribution is -2.38. The number of hydrogen-bond acceptors (Lipinski definition) is 3. The van der Waals surface area contributed by atoms with Gasteiger partial charge in [0.15, 0.2) is 0 Å². The fraction of sp³-hybridized carbons (Fsp3) is 0.667. The van der Waals surface area contributed by atoms with Crippen molar-refractivity contribution in [3.63, 3.8) is 0 Å². The first-order valence-electron chi connectivity index (χ1n) is 8.59. The molecule has 0 aromatic heterocycles. The Morgan fingerprint density at radius 1 is 1.00 bits per heavy atom. The Kier molecular flexibility index (Phi) is 5.15. The maximum atomic E-state index is 10.2. The molecule has 1 saturated carbocycles. The summed E-state index contributed by atoms with van der Waals surface area (Å²) in [7, 11) is 0. The van der Waals surface area contributed by atoms with Gasteiger partial charge in [0.05, 0.1) is 6.10 Å². The van der Waals surface area contributed by atoms with Crippen LogP contribution in [0, 0.1) is 0 Å². The van der Waals surface area contributed by atoms with Crippen molar-refractivity contribution in [2.45, 2.75) is 63.6 Å². The molecule has 2 fully saturated rings. The van der Waals surface area contributed by atoms with E-state index in [4.69, 9.17) is 0 Å². The third kappa shape index (κ3) is 3.78. The fourth-order valence-electron chi connectivity index (χ4n) is 3.69. The highest BCUT2D eigenvalue weighted by atomic mass is 16.3. The quantitative estimate of drug-likeness (QED) is 0.836. The summed E-state index contributed by atoms with van der Waals surface area (Å²) in [6.45, 7) is 3.24. The van der Waals surface area contributed by atoms with Crippen LogP contribution in [0.15, 0.2) is 24.3 Å². The van der Waals surface area contributed by atoms with E-state index in [1.54, 1.807) is 0 Å². The first-order chi connectivity index (χ1) is 10.3. The molecule has 2 atom stereocenters. The molecule has 2 unspecified atom stereocenters. The van der Waals surface area contributed by atoms with Crippen molar-refractivity contribution in [2.24, 2.45) is 0 Å². The number of para-hydroxylation sites is 1. The van der Waals surface area contributed by atoms with E-state index < -0.39 is 0 Å². The summed E-state index contributed by atoms with van der Waals surface area (Å²) in [6, 6.07) is 8.99. The lowest BCUT2D eigenvalue weighted by molar-refractivity contribution is 0.119. The molecule has 2 aliphatic rings. The van der Waals surface area contributed by atoms with Crippen molar-refractivity contribution < 1.29 is 5.11 Å². The van der Waals surface area contributed by atoms with Crippen LogP contribution in [0.2, 0.25) is 0 Å². The number of aliphatic hydroxyl groups excluding tert-OH is 1. The van der Waals surface area contributed by atoms with Crippen LogP contribution < -0.4 is 10.2 Å². The molecule has 21 heavy (non-hydrogen) atoms. The van der Waals surface area contributed by atoms with Crippen molar-refractivity contribution in [1.82, 2.24) is 5.32 Å². The van der Waals surface area contributed by atoms with Gasteiger partial charge in [0.2, 0.25) is 0 Å². The molecular weight excluding hydrogens is 260 g/mol. The van der Waals surface area contributed by atoms with Gasteiger partial charge in [0.1, 0.15) is 0 Å². The van der Waals surface area contributed by atoms with Gasteiger partial charge < -0.3 is 15.3 Å². The predicted octanol–water partition coefficient (Wildman–Crippen LogP) is 3.07. The van der Waals surface area contributed by atoms with Gasteiger partial charge in [0.25, 0.3) is 0 Å². The topological polar surface area (TPSA) is 35.5 Å². The van der Waals surface area contributed by atoms with Crippen LogP contribution in [0.3, 0.4) is 0 Å². The normalized spacial score (nSPS) is 26.8. The van der Waals surface area contributed by atoms with Crippen LogP contribution in [-0.2, 0) is 6.54 Å². The molecule has 0 radical (unpaired) electrons. The fourth-order valence-corrected chi connectivity index (χ4v) is 3.69. The number of anilines is 1. The van der Waals surface area contributed by atoms with E-state index in [-0.39, 0.29) is 12.1 Å². The molecule has 1 aliphatic heterocycles. The number of rotatable bonds is 4. The second-order valence-corrected chi connectivity index (χ2v) is 6.52. The molecule has 1 aliphatic carbocycles. The maximum Gasteiger partial charge on any atom is 0.0693 e. The van der Waals surface area contributed by atoms with E-state index in [2.05, 4.69) is 34.5 Å². The third-order valence-corrected chi connectivity index (χ3v) is 4.97. The molecular formula is C18H28N2O.